The highest BCUT2D eigenvalue weighted by atomic mass is 16.5. The maximum atomic E-state index is 5.92. The van der Waals surface area contributed by atoms with E-state index in [1.165, 1.54) is 16.8 Å². The van der Waals surface area contributed by atoms with Crippen molar-refractivity contribution in [3.8, 4) is 0 Å². The molecule has 1 unspecified atom stereocenters. The van der Waals surface area contributed by atoms with Gasteiger partial charge in [0, 0.05) is 5.69 Å². The smallest absolute Gasteiger partial charge is 0.101 e. The number of hydrogen-bond donors (Lipinski definition) is 0. The van der Waals surface area contributed by atoms with Crippen molar-refractivity contribution < 1.29 is 4.74 Å². The fourth-order valence-electron chi connectivity index (χ4n) is 2.53. The van der Waals surface area contributed by atoms with Gasteiger partial charge in [-0.2, -0.15) is 0 Å². The number of hydrogen-bond acceptors (Lipinski definition) is 2. The molecule has 0 radical (unpaired) electrons. The number of fused-ring (bicyclic) bond motifs is 1. The Bertz CT molecular complexity index is 559. The van der Waals surface area contributed by atoms with Crippen molar-refractivity contribution in [1.82, 2.24) is 9.55 Å². The second-order valence-electron chi connectivity index (χ2n) is 4.88. The van der Waals surface area contributed by atoms with Crippen LogP contribution in [0.5, 0.6) is 0 Å². The monoisotopic (exact) mass is 242 g/mol. The van der Waals surface area contributed by atoms with E-state index >= 15 is 0 Å². The Balaban J connectivity index is 1.89. The first-order valence-electron chi connectivity index (χ1n) is 6.43. The first-order chi connectivity index (χ1) is 8.75. The molecule has 0 saturated heterocycles. The van der Waals surface area contributed by atoms with Crippen LogP contribution in [-0.4, -0.2) is 16.2 Å². The SMILES string of the molecule is Cc1ncn(CC2OCCc3ccccc32)c1C. The van der Waals surface area contributed by atoms with Gasteiger partial charge in [-0.15, -0.1) is 0 Å². The van der Waals surface area contributed by atoms with E-state index in [-0.39, 0.29) is 6.10 Å². The molecule has 3 rings (SSSR count). The number of ether oxygens (including phenoxy) is 1. The molecule has 2 aromatic rings. The van der Waals surface area contributed by atoms with Gasteiger partial charge in [-0.05, 0) is 31.4 Å². The minimum atomic E-state index is 0.155. The van der Waals surface area contributed by atoms with Crippen LogP contribution >= 0.6 is 0 Å². The lowest BCUT2D eigenvalue weighted by atomic mass is 9.97. The molecule has 0 bridgehead atoms. The van der Waals surface area contributed by atoms with Gasteiger partial charge in [0.1, 0.15) is 6.10 Å². The summed E-state index contributed by atoms with van der Waals surface area (Å²) in [6, 6.07) is 8.58. The van der Waals surface area contributed by atoms with Gasteiger partial charge in [0.2, 0.25) is 0 Å². The molecule has 3 heteroatoms. The van der Waals surface area contributed by atoms with Crippen LogP contribution < -0.4 is 0 Å². The summed E-state index contributed by atoms with van der Waals surface area (Å²) in [6.45, 7) is 5.82. The average Bonchev–Trinajstić information content (AvgIpc) is 2.71. The topological polar surface area (TPSA) is 27.1 Å². The van der Waals surface area contributed by atoms with Gasteiger partial charge >= 0.3 is 0 Å². The lowest BCUT2D eigenvalue weighted by molar-refractivity contribution is 0.0302. The van der Waals surface area contributed by atoms with Gasteiger partial charge in [-0.1, -0.05) is 24.3 Å². The summed E-state index contributed by atoms with van der Waals surface area (Å²) in [7, 11) is 0. The number of nitrogens with zero attached hydrogens (tertiary/aromatic N) is 2. The predicted octanol–water partition coefficient (Wildman–Crippen LogP) is 2.81. The molecule has 1 aromatic heterocycles. The Morgan fingerprint density at radius 1 is 1.33 bits per heavy atom. The van der Waals surface area contributed by atoms with Crippen molar-refractivity contribution in [3.05, 3.63) is 53.1 Å². The van der Waals surface area contributed by atoms with E-state index in [2.05, 4.69) is 40.7 Å². The molecule has 3 nitrogen and oxygen atoms in total. The fourth-order valence-corrected chi connectivity index (χ4v) is 2.53. The summed E-state index contributed by atoms with van der Waals surface area (Å²) >= 11 is 0. The van der Waals surface area contributed by atoms with Gasteiger partial charge in [-0.25, -0.2) is 4.98 Å². The van der Waals surface area contributed by atoms with E-state index < -0.39 is 0 Å². The van der Waals surface area contributed by atoms with Crippen molar-refractivity contribution in [2.45, 2.75) is 32.9 Å². The first-order valence-corrected chi connectivity index (χ1v) is 6.43. The Labute approximate surface area is 107 Å². The summed E-state index contributed by atoms with van der Waals surface area (Å²) < 4.78 is 8.11. The Kier molecular flexibility index (Phi) is 2.92. The van der Waals surface area contributed by atoms with Crippen molar-refractivity contribution >= 4 is 0 Å². The number of benzene rings is 1. The van der Waals surface area contributed by atoms with Crippen molar-refractivity contribution in [1.29, 1.82) is 0 Å². The van der Waals surface area contributed by atoms with Gasteiger partial charge < -0.3 is 9.30 Å². The molecule has 2 heterocycles. The van der Waals surface area contributed by atoms with E-state index in [1.807, 2.05) is 13.3 Å². The Morgan fingerprint density at radius 2 is 2.17 bits per heavy atom. The summed E-state index contributed by atoms with van der Waals surface area (Å²) in [6.07, 6.45) is 3.09. The maximum absolute atomic E-state index is 5.92. The summed E-state index contributed by atoms with van der Waals surface area (Å²) in [5.74, 6) is 0. The van der Waals surface area contributed by atoms with Crippen molar-refractivity contribution in [2.75, 3.05) is 6.61 Å². The average molecular weight is 242 g/mol. The second kappa shape index (κ2) is 4.58. The van der Waals surface area contributed by atoms with Gasteiger partial charge in [-0.3, -0.25) is 0 Å². The van der Waals surface area contributed by atoms with Crippen molar-refractivity contribution in [2.24, 2.45) is 0 Å². The molecule has 1 aromatic carbocycles. The molecule has 1 aliphatic heterocycles. The number of imidazole rings is 1. The molecular weight excluding hydrogens is 224 g/mol. The zero-order valence-corrected chi connectivity index (χ0v) is 10.9. The zero-order chi connectivity index (χ0) is 12.5. The summed E-state index contributed by atoms with van der Waals surface area (Å²) in [4.78, 5) is 4.35. The highest BCUT2D eigenvalue weighted by molar-refractivity contribution is 5.31. The summed E-state index contributed by atoms with van der Waals surface area (Å²) in [5.41, 5.74) is 5.07. The van der Waals surface area contributed by atoms with Crippen LogP contribution in [0, 0.1) is 13.8 Å². The van der Waals surface area contributed by atoms with E-state index in [0.717, 1.165) is 25.3 Å². The number of rotatable bonds is 2. The molecule has 18 heavy (non-hydrogen) atoms. The number of aryl methyl sites for hydroxylation is 1. The van der Waals surface area contributed by atoms with Crippen LogP contribution in [0.4, 0.5) is 0 Å². The number of aromatic nitrogens is 2. The Hall–Kier alpha value is -1.61. The van der Waals surface area contributed by atoms with E-state index in [1.54, 1.807) is 0 Å². The highest BCUT2D eigenvalue weighted by Crippen LogP contribution is 2.28. The van der Waals surface area contributed by atoms with Crippen LogP contribution in [0.1, 0.15) is 28.6 Å². The quantitative estimate of drug-likeness (QED) is 0.809. The van der Waals surface area contributed by atoms with E-state index in [9.17, 15) is 0 Å². The van der Waals surface area contributed by atoms with Gasteiger partial charge in [0.05, 0.1) is 25.2 Å². The van der Waals surface area contributed by atoms with Crippen LogP contribution in [-0.2, 0) is 17.7 Å². The van der Waals surface area contributed by atoms with E-state index in [0.29, 0.717) is 0 Å². The molecular formula is C15H18N2O. The third-order valence-corrected chi connectivity index (χ3v) is 3.80. The molecule has 94 valence electrons. The Morgan fingerprint density at radius 3 is 2.94 bits per heavy atom. The molecule has 0 spiro atoms. The van der Waals surface area contributed by atoms with Crippen LogP contribution in [0.15, 0.2) is 30.6 Å². The molecule has 0 fully saturated rings. The summed E-state index contributed by atoms with van der Waals surface area (Å²) in [5, 5.41) is 0. The van der Waals surface area contributed by atoms with Crippen molar-refractivity contribution in [3.63, 3.8) is 0 Å². The zero-order valence-electron chi connectivity index (χ0n) is 10.9. The lowest BCUT2D eigenvalue weighted by Gasteiger charge is -2.26. The molecule has 0 N–H and O–H groups in total. The normalized spacial score (nSPS) is 18.7. The third-order valence-electron chi connectivity index (χ3n) is 3.80. The molecule has 1 atom stereocenters. The van der Waals surface area contributed by atoms with Gasteiger partial charge in [0.15, 0.2) is 0 Å². The van der Waals surface area contributed by atoms with Crippen LogP contribution in [0.2, 0.25) is 0 Å². The van der Waals surface area contributed by atoms with Gasteiger partial charge in [0.25, 0.3) is 0 Å². The molecule has 0 amide bonds. The fraction of sp³-hybridized carbons (Fsp3) is 0.400. The molecule has 0 aliphatic carbocycles. The standard InChI is InChI=1S/C15H18N2O/c1-11-12(2)17(10-16-11)9-15-14-6-4-3-5-13(14)7-8-18-15/h3-6,10,15H,7-9H2,1-2H3. The minimum Gasteiger partial charge on any atom is -0.371 e. The van der Waals surface area contributed by atoms with E-state index in [4.69, 9.17) is 4.74 Å². The second-order valence-corrected chi connectivity index (χ2v) is 4.88. The molecule has 1 aliphatic rings. The highest BCUT2D eigenvalue weighted by Gasteiger charge is 2.21. The first kappa shape index (κ1) is 11.5. The van der Waals surface area contributed by atoms with Crippen LogP contribution in [0.3, 0.4) is 0 Å². The molecule has 0 saturated carbocycles. The maximum Gasteiger partial charge on any atom is 0.101 e. The lowest BCUT2D eigenvalue weighted by Crippen LogP contribution is -2.20. The minimum absolute atomic E-state index is 0.155. The predicted molar refractivity (Wildman–Crippen MR) is 70.5 cm³/mol. The van der Waals surface area contributed by atoms with Crippen LogP contribution in [0.25, 0.3) is 0 Å². The largest absolute Gasteiger partial charge is 0.371 e. The third kappa shape index (κ3) is 1.95.